The van der Waals surface area contributed by atoms with E-state index in [1.54, 1.807) is 31.4 Å². The Kier molecular flexibility index (Phi) is 7.49. The van der Waals surface area contributed by atoms with E-state index in [4.69, 9.17) is 9.47 Å². The lowest BCUT2D eigenvalue weighted by atomic mass is 10.1. The van der Waals surface area contributed by atoms with Gasteiger partial charge in [0.15, 0.2) is 0 Å². The molecule has 0 spiro atoms. The molecule has 3 rings (SSSR count). The van der Waals surface area contributed by atoms with Gasteiger partial charge in [-0.1, -0.05) is 42.5 Å². The molecule has 8 heteroatoms. The van der Waals surface area contributed by atoms with Crippen molar-refractivity contribution in [2.45, 2.75) is 38.7 Å². The van der Waals surface area contributed by atoms with E-state index < -0.39 is 16.3 Å². The summed E-state index contributed by atoms with van der Waals surface area (Å²) >= 11 is 0. The Bertz CT molecular complexity index is 912. The zero-order valence-corrected chi connectivity index (χ0v) is 18.5. The van der Waals surface area contributed by atoms with E-state index in [0.717, 1.165) is 5.56 Å². The molecule has 0 aromatic heterocycles. The normalized spacial score (nSPS) is 21.5. The first-order valence-electron chi connectivity index (χ1n) is 10.1. The molecule has 30 heavy (non-hydrogen) atoms. The molecular formula is C22H30N2O5S. The van der Waals surface area contributed by atoms with Gasteiger partial charge in [0.2, 0.25) is 0 Å². The van der Waals surface area contributed by atoms with Crippen LogP contribution in [0.3, 0.4) is 0 Å². The number of rotatable bonds is 8. The number of methoxy groups -OCH3 is 1. The van der Waals surface area contributed by atoms with E-state index >= 15 is 0 Å². The molecule has 1 N–H and O–H groups in total. The molecule has 0 radical (unpaired) electrons. The van der Waals surface area contributed by atoms with Crippen molar-refractivity contribution in [3.63, 3.8) is 0 Å². The van der Waals surface area contributed by atoms with Gasteiger partial charge in [0.05, 0.1) is 25.4 Å². The third kappa shape index (κ3) is 5.59. The van der Waals surface area contributed by atoms with Crippen LogP contribution in [-0.2, 0) is 21.5 Å². The summed E-state index contributed by atoms with van der Waals surface area (Å²) in [4.78, 5) is 0. The van der Waals surface area contributed by atoms with E-state index in [9.17, 15) is 13.5 Å². The van der Waals surface area contributed by atoms with Crippen LogP contribution in [-0.4, -0.2) is 61.1 Å². The minimum atomic E-state index is -3.81. The van der Waals surface area contributed by atoms with Crippen LogP contribution in [0.5, 0.6) is 5.75 Å². The Balaban J connectivity index is 1.87. The molecule has 0 aliphatic carbocycles. The fourth-order valence-corrected chi connectivity index (χ4v) is 5.42. The largest absolute Gasteiger partial charge is 0.497 e. The van der Waals surface area contributed by atoms with Gasteiger partial charge in [-0.2, -0.15) is 17.0 Å². The number of hydrogen-bond acceptors (Lipinski definition) is 5. The summed E-state index contributed by atoms with van der Waals surface area (Å²) in [5, 5.41) is 10.8. The predicted octanol–water partition coefficient (Wildman–Crippen LogP) is 2.58. The maximum Gasteiger partial charge on any atom is 0.282 e. The van der Waals surface area contributed by atoms with Crippen LogP contribution in [0.2, 0.25) is 0 Å². The minimum absolute atomic E-state index is 0.0650. The number of hydrogen-bond donors (Lipinski definition) is 1. The molecule has 0 amide bonds. The predicted molar refractivity (Wildman–Crippen MR) is 115 cm³/mol. The average Bonchev–Trinajstić information content (AvgIpc) is 2.73. The second-order valence-electron chi connectivity index (χ2n) is 7.65. The standard InChI is InChI=1S/C22H30N2O5S/c1-17-13-23(14-18(2)29-17)30(26,27)24(15-19-8-5-4-6-9-19)16-22(25)20-10-7-11-21(12-20)28-3/h4-12,17-18,22,25H,13-16H2,1-3H3/t17-,18+,22-/m1/s1. The van der Waals surface area contributed by atoms with Crippen LogP contribution in [0.4, 0.5) is 0 Å². The average molecular weight is 435 g/mol. The summed E-state index contributed by atoms with van der Waals surface area (Å²) in [6.07, 6.45) is -1.37. The van der Waals surface area contributed by atoms with Crippen molar-refractivity contribution < 1.29 is 23.0 Å². The van der Waals surface area contributed by atoms with Gasteiger partial charge in [0.25, 0.3) is 10.2 Å². The lowest BCUT2D eigenvalue weighted by molar-refractivity contribution is -0.0458. The summed E-state index contributed by atoms with van der Waals surface area (Å²) < 4.78 is 40.8. The molecule has 2 aromatic carbocycles. The van der Waals surface area contributed by atoms with Gasteiger partial charge in [-0.25, -0.2) is 0 Å². The first kappa shape index (κ1) is 22.7. The zero-order valence-electron chi connectivity index (χ0n) is 17.6. The van der Waals surface area contributed by atoms with E-state index in [0.29, 0.717) is 11.3 Å². The molecule has 0 unspecified atom stereocenters. The molecule has 0 saturated carbocycles. The summed E-state index contributed by atoms with van der Waals surface area (Å²) in [5.41, 5.74) is 1.46. The van der Waals surface area contributed by atoms with Crippen LogP contribution in [0.15, 0.2) is 54.6 Å². The second-order valence-corrected chi connectivity index (χ2v) is 9.58. The Morgan fingerprint density at radius 3 is 2.43 bits per heavy atom. The molecule has 1 fully saturated rings. The van der Waals surface area contributed by atoms with Gasteiger partial charge in [-0.3, -0.25) is 0 Å². The third-order valence-electron chi connectivity index (χ3n) is 5.10. The molecule has 1 heterocycles. The molecule has 3 atom stereocenters. The number of aliphatic hydroxyl groups is 1. The smallest absolute Gasteiger partial charge is 0.282 e. The van der Waals surface area contributed by atoms with E-state index in [-0.39, 0.29) is 38.4 Å². The zero-order chi connectivity index (χ0) is 21.7. The molecule has 1 saturated heterocycles. The van der Waals surface area contributed by atoms with Crippen LogP contribution in [0.25, 0.3) is 0 Å². The highest BCUT2D eigenvalue weighted by atomic mass is 32.2. The molecule has 2 aromatic rings. The Morgan fingerprint density at radius 1 is 1.13 bits per heavy atom. The second kappa shape index (κ2) is 9.89. The molecule has 1 aliphatic rings. The molecule has 164 valence electrons. The van der Waals surface area contributed by atoms with E-state index in [1.165, 1.54) is 8.61 Å². The SMILES string of the molecule is COc1cccc([C@H](O)CN(Cc2ccccc2)S(=O)(=O)N2C[C@@H](C)O[C@@H](C)C2)c1. The lowest BCUT2D eigenvalue weighted by Crippen LogP contribution is -2.53. The summed E-state index contributed by atoms with van der Waals surface area (Å²) in [6, 6.07) is 16.4. The number of morpholine rings is 1. The quantitative estimate of drug-likeness (QED) is 0.691. The van der Waals surface area contributed by atoms with Gasteiger partial charge >= 0.3 is 0 Å². The first-order chi connectivity index (χ1) is 14.3. The minimum Gasteiger partial charge on any atom is -0.497 e. The van der Waals surface area contributed by atoms with Crippen molar-refractivity contribution in [1.82, 2.24) is 8.61 Å². The summed E-state index contributed by atoms with van der Waals surface area (Å²) in [5.74, 6) is 0.611. The highest BCUT2D eigenvalue weighted by Crippen LogP contribution is 2.25. The summed E-state index contributed by atoms with van der Waals surface area (Å²) in [7, 11) is -2.26. The Morgan fingerprint density at radius 2 is 1.80 bits per heavy atom. The van der Waals surface area contributed by atoms with Crippen molar-refractivity contribution in [1.29, 1.82) is 0 Å². The van der Waals surface area contributed by atoms with Crippen molar-refractivity contribution in [3.8, 4) is 5.75 Å². The third-order valence-corrected chi connectivity index (χ3v) is 6.98. The van der Waals surface area contributed by atoms with Gasteiger partial charge < -0.3 is 14.6 Å². The fourth-order valence-electron chi connectivity index (χ4n) is 3.66. The lowest BCUT2D eigenvalue weighted by Gasteiger charge is -2.38. The molecule has 7 nitrogen and oxygen atoms in total. The number of ether oxygens (including phenoxy) is 2. The topological polar surface area (TPSA) is 79.3 Å². The van der Waals surface area contributed by atoms with E-state index in [2.05, 4.69) is 0 Å². The van der Waals surface area contributed by atoms with Gasteiger partial charge in [0.1, 0.15) is 5.75 Å². The van der Waals surface area contributed by atoms with Crippen LogP contribution >= 0.6 is 0 Å². The van der Waals surface area contributed by atoms with Crippen LogP contribution in [0, 0.1) is 0 Å². The first-order valence-corrected chi connectivity index (χ1v) is 11.5. The van der Waals surface area contributed by atoms with Crippen LogP contribution < -0.4 is 4.74 Å². The maximum absolute atomic E-state index is 13.5. The Hall–Kier alpha value is -1.97. The molecular weight excluding hydrogens is 404 g/mol. The number of nitrogens with zero attached hydrogens (tertiary/aromatic N) is 2. The molecule has 1 aliphatic heterocycles. The van der Waals surface area contributed by atoms with E-state index in [1.807, 2.05) is 44.2 Å². The van der Waals surface area contributed by atoms with Crippen molar-refractivity contribution in [2.24, 2.45) is 0 Å². The fraction of sp³-hybridized carbons (Fsp3) is 0.455. The van der Waals surface area contributed by atoms with Crippen molar-refractivity contribution in [2.75, 3.05) is 26.7 Å². The van der Waals surface area contributed by atoms with Crippen molar-refractivity contribution >= 4 is 10.2 Å². The van der Waals surface area contributed by atoms with Gasteiger partial charge in [0, 0.05) is 26.2 Å². The summed E-state index contributed by atoms with van der Waals surface area (Å²) in [6.45, 7) is 4.41. The van der Waals surface area contributed by atoms with Crippen molar-refractivity contribution in [3.05, 3.63) is 65.7 Å². The highest BCUT2D eigenvalue weighted by molar-refractivity contribution is 7.86. The Labute approximate surface area is 179 Å². The van der Waals surface area contributed by atoms with Crippen LogP contribution in [0.1, 0.15) is 31.1 Å². The maximum atomic E-state index is 13.5. The monoisotopic (exact) mass is 434 g/mol. The highest BCUT2D eigenvalue weighted by Gasteiger charge is 2.36. The van der Waals surface area contributed by atoms with Gasteiger partial charge in [-0.05, 0) is 37.1 Å². The molecule has 0 bridgehead atoms. The number of benzene rings is 2. The number of aliphatic hydroxyl groups excluding tert-OH is 1. The van der Waals surface area contributed by atoms with Gasteiger partial charge in [-0.15, -0.1) is 0 Å².